The van der Waals surface area contributed by atoms with Crippen LogP contribution in [0.2, 0.25) is 0 Å². The number of aromatic nitrogens is 2. The molecule has 1 N–H and O–H groups in total. The maximum absolute atomic E-state index is 12.4. The Morgan fingerprint density at radius 3 is 2.42 bits per heavy atom. The van der Waals surface area contributed by atoms with Crippen LogP contribution in [-0.2, 0) is 0 Å². The van der Waals surface area contributed by atoms with Gasteiger partial charge in [0.15, 0.2) is 0 Å². The van der Waals surface area contributed by atoms with Crippen molar-refractivity contribution in [2.75, 3.05) is 18.4 Å². The number of amides is 1. The van der Waals surface area contributed by atoms with E-state index in [0.717, 1.165) is 11.4 Å². The maximum atomic E-state index is 12.4. The highest BCUT2D eigenvalue weighted by Crippen LogP contribution is 2.19. The fourth-order valence-electron chi connectivity index (χ4n) is 2.23. The zero-order valence-electron chi connectivity index (χ0n) is 14.6. The molecule has 0 spiro atoms. The summed E-state index contributed by atoms with van der Waals surface area (Å²) in [6.07, 6.45) is 1.72. The molecule has 0 fully saturated rings. The van der Waals surface area contributed by atoms with Gasteiger partial charge in [-0.25, -0.2) is 9.97 Å². The topological polar surface area (TPSA) is 67.4 Å². The van der Waals surface area contributed by atoms with E-state index in [-0.39, 0.29) is 12.0 Å². The molecule has 0 unspecified atom stereocenters. The largest absolute Gasteiger partial charge is 0.491 e. The van der Waals surface area contributed by atoms with Gasteiger partial charge in [-0.1, -0.05) is 0 Å². The average molecular weight is 328 g/mol. The molecule has 24 heavy (non-hydrogen) atoms. The van der Waals surface area contributed by atoms with Crippen LogP contribution in [0.4, 0.5) is 11.6 Å². The number of nitrogens with zero attached hydrogens (tertiary/aromatic N) is 3. The lowest BCUT2D eigenvalue weighted by molar-refractivity contribution is 0.0767. The summed E-state index contributed by atoms with van der Waals surface area (Å²) in [5.74, 6) is 1.11. The molecule has 1 amide bonds. The Kier molecular flexibility index (Phi) is 6.12. The van der Waals surface area contributed by atoms with Crippen molar-refractivity contribution in [1.82, 2.24) is 14.9 Å². The smallest absolute Gasteiger partial charge is 0.272 e. The number of carbonyl (C=O) groups excluding carboxylic acids is 1. The summed E-state index contributed by atoms with van der Waals surface area (Å²) in [6, 6.07) is 9.17. The Bertz CT molecular complexity index is 667. The second kappa shape index (κ2) is 8.29. The van der Waals surface area contributed by atoms with Crippen molar-refractivity contribution in [1.29, 1.82) is 0 Å². The zero-order valence-corrected chi connectivity index (χ0v) is 14.6. The first kappa shape index (κ1) is 17.7. The number of hydrogen-bond donors (Lipinski definition) is 1. The summed E-state index contributed by atoms with van der Waals surface area (Å²) < 4.78 is 5.61. The third-order valence-electron chi connectivity index (χ3n) is 3.41. The number of hydrogen-bond acceptors (Lipinski definition) is 5. The molecular weight excluding hydrogens is 304 g/mol. The standard InChI is InChI=1S/C18H24N4O2/c1-5-22(6-2)17(23)16-11-12-19-18(21-16)20-14-7-9-15(10-8-14)24-13(3)4/h7-13H,5-6H2,1-4H3,(H,19,20,21). The van der Waals surface area contributed by atoms with E-state index in [4.69, 9.17) is 4.74 Å². The normalized spacial score (nSPS) is 10.5. The third kappa shape index (κ3) is 4.68. The highest BCUT2D eigenvalue weighted by atomic mass is 16.5. The lowest BCUT2D eigenvalue weighted by Gasteiger charge is -2.18. The van der Waals surface area contributed by atoms with Crippen LogP contribution in [0, 0.1) is 0 Å². The molecule has 128 valence electrons. The van der Waals surface area contributed by atoms with Gasteiger partial charge in [0.05, 0.1) is 6.10 Å². The lowest BCUT2D eigenvalue weighted by atomic mass is 10.3. The molecule has 0 bridgehead atoms. The third-order valence-corrected chi connectivity index (χ3v) is 3.41. The molecule has 0 aliphatic rings. The SMILES string of the molecule is CCN(CC)C(=O)c1ccnc(Nc2ccc(OC(C)C)cc2)n1. The summed E-state index contributed by atoms with van der Waals surface area (Å²) in [7, 11) is 0. The molecule has 0 aliphatic heterocycles. The second-order valence-corrected chi connectivity index (χ2v) is 5.56. The van der Waals surface area contributed by atoms with Crippen molar-refractivity contribution in [3.63, 3.8) is 0 Å². The molecular formula is C18H24N4O2. The van der Waals surface area contributed by atoms with E-state index in [1.807, 2.05) is 52.0 Å². The van der Waals surface area contributed by atoms with Crippen molar-refractivity contribution < 1.29 is 9.53 Å². The Hall–Kier alpha value is -2.63. The van der Waals surface area contributed by atoms with Crippen LogP contribution in [0.1, 0.15) is 38.2 Å². The van der Waals surface area contributed by atoms with Crippen LogP contribution in [0.15, 0.2) is 36.5 Å². The molecule has 1 heterocycles. The summed E-state index contributed by atoms with van der Waals surface area (Å²) >= 11 is 0. The van der Waals surface area contributed by atoms with Crippen molar-refractivity contribution in [3.8, 4) is 5.75 Å². The fourth-order valence-corrected chi connectivity index (χ4v) is 2.23. The van der Waals surface area contributed by atoms with Crippen LogP contribution in [-0.4, -0.2) is 40.0 Å². The second-order valence-electron chi connectivity index (χ2n) is 5.56. The van der Waals surface area contributed by atoms with Crippen molar-refractivity contribution in [3.05, 3.63) is 42.2 Å². The van der Waals surface area contributed by atoms with Crippen LogP contribution in [0.5, 0.6) is 5.75 Å². The quantitative estimate of drug-likeness (QED) is 0.842. The molecule has 2 rings (SSSR count). The molecule has 6 heteroatoms. The van der Waals surface area contributed by atoms with Gasteiger partial charge in [-0.15, -0.1) is 0 Å². The number of carbonyl (C=O) groups is 1. The Labute approximate surface area is 142 Å². The number of ether oxygens (including phenoxy) is 1. The summed E-state index contributed by atoms with van der Waals surface area (Å²) in [4.78, 5) is 22.6. The molecule has 0 atom stereocenters. The van der Waals surface area contributed by atoms with Crippen LogP contribution in [0.25, 0.3) is 0 Å². The molecule has 0 aliphatic carbocycles. The Balaban J connectivity index is 2.10. The number of benzene rings is 1. The maximum Gasteiger partial charge on any atom is 0.272 e. The molecule has 0 saturated heterocycles. The van der Waals surface area contributed by atoms with Gasteiger partial charge < -0.3 is 15.0 Å². The van der Waals surface area contributed by atoms with E-state index in [1.54, 1.807) is 17.2 Å². The minimum absolute atomic E-state index is 0.0915. The predicted molar refractivity (Wildman–Crippen MR) is 94.8 cm³/mol. The van der Waals surface area contributed by atoms with Crippen LogP contribution in [0.3, 0.4) is 0 Å². The first-order valence-electron chi connectivity index (χ1n) is 8.19. The molecule has 2 aromatic rings. The summed E-state index contributed by atoms with van der Waals surface area (Å²) in [5.41, 5.74) is 1.22. The Morgan fingerprint density at radius 2 is 1.83 bits per heavy atom. The van der Waals surface area contributed by atoms with Gasteiger partial charge in [0, 0.05) is 25.0 Å². The van der Waals surface area contributed by atoms with Gasteiger partial charge in [-0.05, 0) is 58.0 Å². The van der Waals surface area contributed by atoms with Crippen molar-refractivity contribution in [2.45, 2.75) is 33.8 Å². The first-order chi connectivity index (χ1) is 11.5. The molecule has 0 saturated carbocycles. The number of nitrogens with one attached hydrogen (secondary N) is 1. The highest BCUT2D eigenvalue weighted by molar-refractivity contribution is 5.92. The van der Waals surface area contributed by atoms with E-state index in [2.05, 4.69) is 15.3 Å². The van der Waals surface area contributed by atoms with Crippen LogP contribution < -0.4 is 10.1 Å². The first-order valence-corrected chi connectivity index (χ1v) is 8.19. The lowest BCUT2D eigenvalue weighted by Crippen LogP contribution is -2.31. The molecule has 1 aromatic carbocycles. The monoisotopic (exact) mass is 328 g/mol. The fraction of sp³-hybridized carbons (Fsp3) is 0.389. The number of anilines is 2. The van der Waals surface area contributed by atoms with Crippen LogP contribution >= 0.6 is 0 Å². The summed E-state index contributed by atoms with van der Waals surface area (Å²) in [6.45, 7) is 9.17. The Morgan fingerprint density at radius 1 is 1.17 bits per heavy atom. The van der Waals surface area contributed by atoms with Gasteiger partial charge >= 0.3 is 0 Å². The number of rotatable bonds is 7. The van der Waals surface area contributed by atoms with Gasteiger partial charge in [-0.2, -0.15) is 0 Å². The van der Waals surface area contributed by atoms with Gasteiger partial charge in [0.2, 0.25) is 5.95 Å². The van der Waals surface area contributed by atoms with E-state index in [9.17, 15) is 4.79 Å². The predicted octanol–water partition coefficient (Wildman–Crippen LogP) is 3.49. The minimum atomic E-state index is -0.0915. The minimum Gasteiger partial charge on any atom is -0.491 e. The molecule has 0 radical (unpaired) electrons. The average Bonchev–Trinajstić information content (AvgIpc) is 2.57. The van der Waals surface area contributed by atoms with Crippen molar-refractivity contribution >= 4 is 17.5 Å². The van der Waals surface area contributed by atoms with E-state index in [1.165, 1.54) is 0 Å². The van der Waals surface area contributed by atoms with E-state index in [0.29, 0.717) is 24.7 Å². The van der Waals surface area contributed by atoms with Crippen molar-refractivity contribution in [2.24, 2.45) is 0 Å². The van der Waals surface area contributed by atoms with Gasteiger partial charge in [0.1, 0.15) is 11.4 Å². The molecule has 1 aromatic heterocycles. The molecule has 6 nitrogen and oxygen atoms in total. The van der Waals surface area contributed by atoms with Gasteiger partial charge in [0.25, 0.3) is 5.91 Å². The zero-order chi connectivity index (χ0) is 17.5. The van der Waals surface area contributed by atoms with Gasteiger partial charge in [-0.3, -0.25) is 4.79 Å². The van der Waals surface area contributed by atoms with E-state index < -0.39 is 0 Å². The summed E-state index contributed by atoms with van der Waals surface area (Å²) in [5, 5.41) is 3.11. The highest BCUT2D eigenvalue weighted by Gasteiger charge is 2.14. The van der Waals surface area contributed by atoms with E-state index >= 15 is 0 Å².